The van der Waals surface area contributed by atoms with E-state index in [1.807, 2.05) is 0 Å². The quantitative estimate of drug-likeness (QED) is 0.849. The van der Waals surface area contributed by atoms with Crippen molar-refractivity contribution in [1.82, 2.24) is 5.32 Å². The van der Waals surface area contributed by atoms with Crippen LogP contribution in [0.15, 0.2) is 18.2 Å². The van der Waals surface area contributed by atoms with E-state index in [0.29, 0.717) is 13.2 Å². The molecule has 0 aromatic heterocycles. The van der Waals surface area contributed by atoms with Gasteiger partial charge in [0, 0.05) is 18.5 Å². The molecule has 1 spiro atoms. The highest BCUT2D eigenvalue weighted by molar-refractivity contribution is 5.23. The van der Waals surface area contributed by atoms with Crippen LogP contribution in [0.1, 0.15) is 43.8 Å². The average Bonchev–Trinajstić information content (AvgIpc) is 2.63. The second kappa shape index (κ2) is 5.78. The summed E-state index contributed by atoms with van der Waals surface area (Å²) in [6.07, 6.45) is 5.50. The Kier molecular flexibility index (Phi) is 4.03. The normalized spacial score (nSPS) is 26.4. The van der Waals surface area contributed by atoms with E-state index in [1.54, 1.807) is 0 Å². The third-order valence-electron chi connectivity index (χ3n) is 4.66. The molecule has 3 rings (SSSR count). The maximum atomic E-state index is 13.9. The Bertz CT molecular complexity index is 451. The highest BCUT2D eigenvalue weighted by atomic mass is 19.1. The zero-order valence-corrected chi connectivity index (χ0v) is 11.6. The summed E-state index contributed by atoms with van der Waals surface area (Å²) in [5.41, 5.74) is 0.224. The van der Waals surface area contributed by atoms with Gasteiger partial charge in [-0.15, -0.1) is 0 Å². The first-order valence-corrected chi connectivity index (χ1v) is 7.46. The Morgan fingerprint density at radius 1 is 1.10 bits per heavy atom. The van der Waals surface area contributed by atoms with Crippen LogP contribution in [0.3, 0.4) is 0 Å². The molecule has 0 bridgehead atoms. The van der Waals surface area contributed by atoms with E-state index >= 15 is 0 Å². The molecule has 4 heteroatoms. The van der Waals surface area contributed by atoms with Gasteiger partial charge in [0.15, 0.2) is 0 Å². The van der Waals surface area contributed by atoms with Crippen LogP contribution in [0.5, 0.6) is 0 Å². The van der Waals surface area contributed by atoms with Gasteiger partial charge in [-0.2, -0.15) is 0 Å². The SMILES string of the molecule is Fc1cccc(F)c1C1CNCC2(CCCCC2)CO1. The van der Waals surface area contributed by atoms with Crippen molar-refractivity contribution in [3.05, 3.63) is 35.4 Å². The maximum Gasteiger partial charge on any atom is 0.132 e. The summed E-state index contributed by atoms with van der Waals surface area (Å²) in [5, 5.41) is 3.35. The van der Waals surface area contributed by atoms with E-state index in [0.717, 1.165) is 19.4 Å². The molecule has 110 valence electrons. The van der Waals surface area contributed by atoms with Gasteiger partial charge in [-0.1, -0.05) is 25.3 Å². The largest absolute Gasteiger partial charge is 0.371 e. The standard InChI is InChI=1S/C16H21F2NO/c17-12-5-4-6-13(18)15(12)14-9-19-10-16(11-20-14)7-2-1-3-8-16/h4-6,14,19H,1-3,7-11H2. The van der Waals surface area contributed by atoms with Gasteiger partial charge in [-0.05, 0) is 25.0 Å². The first-order valence-electron chi connectivity index (χ1n) is 7.46. The molecule has 1 aliphatic heterocycles. The first-order chi connectivity index (χ1) is 9.70. The number of hydrogen-bond acceptors (Lipinski definition) is 2. The van der Waals surface area contributed by atoms with Crippen molar-refractivity contribution in [3.8, 4) is 0 Å². The van der Waals surface area contributed by atoms with Crippen molar-refractivity contribution < 1.29 is 13.5 Å². The molecular formula is C16H21F2NO. The molecule has 1 saturated carbocycles. The van der Waals surface area contributed by atoms with Crippen LogP contribution in [0, 0.1) is 17.0 Å². The molecule has 1 N–H and O–H groups in total. The highest BCUT2D eigenvalue weighted by Gasteiger charge is 2.36. The summed E-state index contributed by atoms with van der Waals surface area (Å²) in [6.45, 7) is 1.96. The van der Waals surface area contributed by atoms with Gasteiger partial charge in [0.1, 0.15) is 17.7 Å². The molecule has 0 amide bonds. The van der Waals surface area contributed by atoms with Crippen molar-refractivity contribution in [2.45, 2.75) is 38.2 Å². The third-order valence-corrected chi connectivity index (χ3v) is 4.66. The number of benzene rings is 1. The minimum Gasteiger partial charge on any atom is -0.371 e. The molecule has 1 saturated heterocycles. The second-order valence-corrected chi connectivity index (χ2v) is 6.13. The van der Waals surface area contributed by atoms with E-state index in [4.69, 9.17) is 4.74 Å². The van der Waals surface area contributed by atoms with Crippen molar-refractivity contribution >= 4 is 0 Å². The predicted octanol–water partition coefficient (Wildman–Crippen LogP) is 3.58. The fourth-order valence-electron chi connectivity index (χ4n) is 3.48. The minimum absolute atomic E-state index is 0.0628. The lowest BCUT2D eigenvalue weighted by Crippen LogP contribution is -2.37. The maximum absolute atomic E-state index is 13.9. The van der Waals surface area contributed by atoms with Crippen LogP contribution in [-0.4, -0.2) is 19.7 Å². The zero-order chi connectivity index (χ0) is 14.0. The van der Waals surface area contributed by atoms with Crippen LogP contribution < -0.4 is 5.32 Å². The van der Waals surface area contributed by atoms with Gasteiger partial charge in [0.2, 0.25) is 0 Å². The molecule has 2 fully saturated rings. The van der Waals surface area contributed by atoms with Gasteiger partial charge in [0.05, 0.1) is 12.2 Å². The predicted molar refractivity (Wildman–Crippen MR) is 73.4 cm³/mol. The summed E-state index contributed by atoms with van der Waals surface area (Å²) >= 11 is 0. The van der Waals surface area contributed by atoms with Crippen molar-refractivity contribution in [2.24, 2.45) is 5.41 Å². The number of ether oxygens (including phenoxy) is 1. The topological polar surface area (TPSA) is 21.3 Å². The van der Waals surface area contributed by atoms with Crippen LogP contribution in [0.4, 0.5) is 8.78 Å². The van der Waals surface area contributed by atoms with Gasteiger partial charge < -0.3 is 10.1 Å². The smallest absolute Gasteiger partial charge is 0.132 e. The number of rotatable bonds is 1. The Balaban J connectivity index is 1.77. The lowest BCUT2D eigenvalue weighted by atomic mass is 9.74. The lowest BCUT2D eigenvalue weighted by molar-refractivity contribution is -0.00415. The van der Waals surface area contributed by atoms with Crippen LogP contribution in [0.2, 0.25) is 0 Å². The monoisotopic (exact) mass is 281 g/mol. The molecule has 1 aliphatic carbocycles. The average molecular weight is 281 g/mol. The summed E-state index contributed by atoms with van der Waals surface area (Å²) in [7, 11) is 0. The molecule has 1 heterocycles. The van der Waals surface area contributed by atoms with Gasteiger partial charge >= 0.3 is 0 Å². The molecule has 2 aliphatic rings. The number of halogens is 2. The van der Waals surface area contributed by atoms with Crippen molar-refractivity contribution in [3.63, 3.8) is 0 Å². The van der Waals surface area contributed by atoms with Crippen LogP contribution >= 0.6 is 0 Å². The van der Waals surface area contributed by atoms with Crippen molar-refractivity contribution in [2.75, 3.05) is 19.7 Å². The molecule has 1 aromatic carbocycles. The summed E-state index contributed by atoms with van der Waals surface area (Å²) in [6, 6.07) is 3.98. The second-order valence-electron chi connectivity index (χ2n) is 6.13. The fourth-order valence-corrected chi connectivity index (χ4v) is 3.48. The van der Waals surface area contributed by atoms with E-state index in [-0.39, 0.29) is 11.0 Å². The van der Waals surface area contributed by atoms with Crippen LogP contribution in [-0.2, 0) is 4.74 Å². The number of nitrogens with one attached hydrogen (secondary N) is 1. The van der Waals surface area contributed by atoms with Gasteiger partial charge in [-0.25, -0.2) is 8.78 Å². The van der Waals surface area contributed by atoms with Crippen LogP contribution in [0.25, 0.3) is 0 Å². The minimum atomic E-state index is -0.530. The Morgan fingerprint density at radius 3 is 2.50 bits per heavy atom. The molecule has 20 heavy (non-hydrogen) atoms. The summed E-state index contributed by atoms with van der Waals surface area (Å²) in [5.74, 6) is -1.03. The summed E-state index contributed by atoms with van der Waals surface area (Å²) in [4.78, 5) is 0. The zero-order valence-electron chi connectivity index (χ0n) is 11.6. The van der Waals surface area contributed by atoms with Crippen molar-refractivity contribution in [1.29, 1.82) is 0 Å². The molecular weight excluding hydrogens is 260 g/mol. The molecule has 1 unspecified atom stereocenters. The van der Waals surface area contributed by atoms with E-state index < -0.39 is 17.7 Å². The van der Waals surface area contributed by atoms with E-state index in [1.165, 1.54) is 37.5 Å². The Labute approximate surface area is 118 Å². The molecule has 1 atom stereocenters. The van der Waals surface area contributed by atoms with E-state index in [9.17, 15) is 8.78 Å². The fraction of sp³-hybridized carbons (Fsp3) is 0.625. The molecule has 0 radical (unpaired) electrons. The molecule has 1 aromatic rings. The molecule has 2 nitrogen and oxygen atoms in total. The Morgan fingerprint density at radius 2 is 1.80 bits per heavy atom. The highest BCUT2D eigenvalue weighted by Crippen LogP contribution is 2.39. The Hall–Kier alpha value is -1.00. The van der Waals surface area contributed by atoms with Gasteiger partial charge in [0.25, 0.3) is 0 Å². The number of hydrogen-bond donors (Lipinski definition) is 1. The summed E-state index contributed by atoms with van der Waals surface area (Å²) < 4.78 is 33.6. The lowest BCUT2D eigenvalue weighted by Gasteiger charge is -2.35. The third kappa shape index (κ3) is 2.72. The van der Waals surface area contributed by atoms with E-state index in [2.05, 4.69) is 5.32 Å². The first kappa shape index (κ1) is 14.0. The van der Waals surface area contributed by atoms with Gasteiger partial charge in [-0.3, -0.25) is 0 Å².